The standard InChI is InChI=1S/C18H26N2O/c1-3-16-15-9-19-8-13(15)10-20(16)18-12(2)11-21-17-7-5-4-6-14(17)18/h4-7,12-13,15-16,18-19H,3,8-11H2,1-2H3. The van der Waals surface area contributed by atoms with E-state index in [9.17, 15) is 0 Å². The second kappa shape index (κ2) is 5.29. The molecule has 3 aliphatic rings. The number of rotatable bonds is 2. The van der Waals surface area contributed by atoms with Crippen LogP contribution >= 0.6 is 0 Å². The molecule has 1 aromatic carbocycles. The molecule has 1 aromatic rings. The molecule has 0 aromatic heterocycles. The summed E-state index contributed by atoms with van der Waals surface area (Å²) in [6.45, 7) is 9.21. The summed E-state index contributed by atoms with van der Waals surface area (Å²) in [5.41, 5.74) is 1.41. The molecule has 0 spiro atoms. The van der Waals surface area contributed by atoms with E-state index in [1.807, 2.05) is 0 Å². The van der Waals surface area contributed by atoms with Crippen LogP contribution < -0.4 is 10.1 Å². The predicted octanol–water partition coefficient (Wildman–Crippen LogP) is 2.69. The molecular weight excluding hydrogens is 260 g/mol. The van der Waals surface area contributed by atoms with Crippen LogP contribution in [-0.4, -0.2) is 37.2 Å². The molecule has 3 heterocycles. The minimum absolute atomic E-state index is 0.533. The van der Waals surface area contributed by atoms with Crippen LogP contribution in [0.15, 0.2) is 24.3 Å². The number of hydrogen-bond donors (Lipinski definition) is 1. The van der Waals surface area contributed by atoms with E-state index in [0.29, 0.717) is 12.0 Å². The second-order valence-electron chi connectivity index (χ2n) is 7.03. The molecule has 3 heteroatoms. The van der Waals surface area contributed by atoms with Crippen molar-refractivity contribution in [1.82, 2.24) is 10.2 Å². The molecule has 0 bridgehead atoms. The lowest BCUT2D eigenvalue weighted by Gasteiger charge is -2.41. The van der Waals surface area contributed by atoms with Crippen molar-refractivity contribution in [1.29, 1.82) is 0 Å². The maximum absolute atomic E-state index is 5.95. The largest absolute Gasteiger partial charge is 0.493 e. The SMILES string of the molecule is CCC1C2CNCC2CN1C1c2ccccc2OCC1C. The lowest BCUT2D eigenvalue weighted by molar-refractivity contribution is 0.0694. The van der Waals surface area contributed by atoms with Gasteiger partial charge in [-0.25, -0.2) is 0 Å². The molecule has 2 saturated heterocycles. The fourth-order valence-corrected chi connectivity index (χ4v) is 4.89. The smallest absolute Gasteiger partial charge is 0.124 e. The van der Waals surface area contributed by atoms with Crippen molar-refractivity contribution >= 4 is 0 Å². The van der Waals surface area contributed by atoms with Crippen molar-refractivity contribution in [2.45, 2.75) is 32.4 Å². The number of likely N-dealkylation sites (tertiary alicyclic amines) is 1. The summed E-state index contributed by atoms with van der Waals surface area (Å²) in [7, 11) is 0. The third kappa shape index (κ3) is 2.09. The molecule has 21 heavy (non-hydrogen) atoms. The zero-order valence-electron chi connectivity index (χ0n) is 13.1. The average Bonchev–Trinajstić information content (AvgIpc) is 3.07. The van der Waals surface area contributed by atoms with Crippen LogP contribution in [-0.2, 0) is 0 Å². The van der Waals surface area contributed by atoms with E-state index < -0.39 is 0 Å². The number of benzene rings is 1. The second-order valence-corrected chi connectivity index (χ2v) is 7.03. The number of fused-ring (bicyclic) bond motifs is 2. The highest BCUT2D eigenvalue weighted by atomic mass is 16.5. The topological polar surface area (TPSA) is 24.5 Å². The molecule has 2 fully saturated rings. The highest BCUT2D eigenvalue weighted by Gasteiger charge is 2.47. The molecular formula is C18H26N2O. The Morgan fingerprint density at radius 2 is 2.14 bits per heavy atom. The summed E-state index contributed by atoms with van der Waals surface area (Å²) in [4.78, 5) is 2.81. The van der Waals surface area contributed by atoms with Crippen molar-refractivity contribution < 1.29 is 4.74 Å². The number of para-hydroxylation sites is 1. The monoisotopic (exact) mass is 286 g/mol. The highest BCUT2D eigenvalue weighted by Crippen LogP contribution is 2.46. The molecule has 3 nitrogen and oxygen atoms in total. The summed E-state index contributed by atoms with van der Waals surface area (Å²) in [5.74, 6) is 3.36. The highest BCUT2D eigenvalue weighted by molar-refractivity contribution is 5.38. The summed E-state index contributed by atoms with van der Waals surface area (Å²) in [5, 5.41) is 3.59. The van der Waals surface area contributed by atoms with Crippen molar-refractivity contribution in [3.63, 3.8) is 0 Å². The van der Waals surface area contributed by atoms with Crippen molar-refractivity contribution in [2.75, 3.05) is 26.2 Å². The summed E-state index contributed by atoms with van der Waals surface area (Å²) in [6.07, 6.45) is 1.26. The van der Waals surface area contributed by atoms with Crippen LogP contribution in [0, 0.1) is 17.8 Å². The Bertz CT molecular complexity index is 518. The van der Waals surface area contributed by atoms with E-state index in [-0.39, 0.29) is 0 Å². The van der Waals surface area contributed by atoms with E-state index in [2.05, 4.69) is 48.3 Å². The summed E-state index contributed by atoms with van der Waals surface area (Å²) >= 11 is 0. The third-order valence-corrected chi connectivity index (χ3v) is 5.81. The van der Waals surface area contributed by atoms with Gasteiger partial charge < -0.3 is 10.1 Å². The first-order valence-electron chi connectivity index (χ1n) is 8.47. The van der Waals surface area contributed by atoms with Gasteiger partial charge in [-0.1, -0.05) is 32.0 Å². The van der Waals surface area contributed by atoms with Crippen LogP contribution in [0.3, 0.4) is 0 Å². The van der Waals surface area contributed by atoms with Gasteiger partial charge in [0.2, 0.25) is 0 Å². The van der Waals surface area contributed by atoms with Crippen LogP contribution in [0.5, 0.6) is 5.75 Å². The van der Waals surface area contributed by atoms with Crippen molar-refractivity contribution in [3.8, 4) is 5.75 Å². The lowest BCUT2D eigenvalue weighted by atomic mass is 9.88. The molecule has 4 rings (SSSR count). The first-order chi connectivity index (χ1) is 10.3. The zero-order chi connectivity index (χ0) is 14.4. The maximum Gasteiger partial charge on any atom is 0.124 e. The van der Waals surface area contributed by atoms with Gasteiger partial charge >= 0.3 is 0 Å². The molecule has 0 saturated carbocycles. The average molecular weight is 286 g/mol. The molecule has 0 amide bonds. The Kier molecular flexibility index (Phi) is 3.43. The van der Waals surface area contributed by atoms with Crippen molar-refractivity contribution in [3.05, 3.63) is 29.8 Å². The number of nitrogens with zero attached hydrogens (tertiary/aromatic N) is 1. The van der Waals surface area contributed by atoms with E-state index in [4.69, 9.17) is 4.74 Å². The van der Waals surface area contributed by atoms with E-state index in [1.54, 1.807) is 0 Å². The van der Waals surface area contributed by atoms with Crippen molar-refractivity contribution in [2.24, 2.45) is 17.8 Å². The quantitative estimate of drug-likeness (QED) is 0.904. The lowest BCUT2D eigenvalue weighted by Crippen LogP contribution is -2.43. The first-order valence-corrected chi connectivity index (χ1v) is 8.47. The Morgan fingerprint density at radius 3 is 3.00 bits per heavy atom. The Morgan fingerprint density at radius 1 is 1.29 bits per heavy atom. The third-order valence-electron chi connectivity index (χ3n) is 5.81. The zero-order valence-corrected chi connectivity index (χ0v) is 13.1. The Balaban J connectivity index is 1.69. The summed E-state index contributed by atoms with van der Waals surface area (Å²) < 4.78 is 5.95. The molecule has 3 aliphatic heterocycles. The molecule has 5 unspecified atom stereocenters. The predicted molar refractivity (Wildman–Crippen MR) is 84.5 cm³/mol. The maximum atomic E-state index is 5.95. The normalized spacial score (nSPS) is 38.9. The summed E-state index contributed by atoms with van der Waals surface area (Å²) in [6, 6.07) is 9.91. The first kappa shape index (κ1) is 13.6. The molecule has 1 N–H and O–H groups in total. The van der Waals surface area contributed by atoms with Gasteiger partial charge in [0.1, 0.15) is 5.75 Å². The van der Waals surface area contributed by atoms with Gasteiger partial charge in [-0.15, -0.1) is 0 Å². The van der Waals surface area contributed by atoms with Crippen LogP contribution in [0.25, 0.3) is 0 Å². The van der Waals surface area contributed by atoms with Gasteiger partial charge in [-0.2, -0.15) is 0 Å². The number of nitrogens with one attached hydrogen (secondary N) is 1. The van der Waals surface area contributed by atoms with Gasteiger partial charge in [-0.3, -0.25) is 4.90 Å². The Labute approximate surface area is 127 Å². The van der Waals surface area contributed by atoms with E-state index in [1.165, 1.54) is 31.6 Å². The van der Waals surface area contributed by atoms with E-state index in [0.717, 1.165) is 30.2 Å². The van der Waals surface area contributed by atoms with Gasteiger partial charge in [-0.05, 0) is 37.4 Å². The minimum Gasteiger partial charge on any atom is -0.493 e. The molecule has 5 atom stereocenters. The minimum atomic E-state index is 0.533. The molecule has 0 aliphatic carbocycles. The molecule has 0 radical (unpaired) electrons. The number of hydrogen-bond acceptors (Lipinski definition) is 3. The van der Waals surface area contributed by atoms with Gasteiger partial charge in [0, 0.05) is 30.1 Å². The number of ether oxygens (including phenoxy) is 1. The Hall–Kier alpha value is -1.06. The fraction of sp³-hybridized carbons (Fsp3) is 0.667. The van der Waals surface area contributed by atoms with Crippen LogP contribution in [0.2, 0.25) is 0 Å². The van der Waals surface area contributed by atoms with Crippen LogP contribution in [0.1, 0.15) is 31.9 Å². The van der Waals surface area contributed by atoms with Crippen LogP contribution in [0.4, 0.5) is 0 Å². The molecule has 114 valence electrons. The van der Waals surface area contributed by atoms with Gasteiger partial charge in [0.15, 0.2) is 0 Å². The van der Waals surface area contributed by atoms with E-state index >= 15 is 0 Å². The van der Waals surface area contributed by atoms with Gasteiger partial charge in [0.05, 0.1) is 6.61 Å². The fourth-order valence-electron chi connectivity index (χ4n) is 4.89. The van der Waals surface area contributed by atoms with Gasteiger partial charge in [0.25, 0.3) is 0 Å².